The summed E-state index contributed by atoms with van der Waals surface area (Å²) in [5.74, 6) is -1.10. The number of carbonyl (C=O) groups is 1. The zero-order chi connectivity index (χ0) is 14.8. The van der Waals surface area contributed by atoms with E-state index in [1.54, 1.807) is 6.07 Å². The maximum Gasteiger partial charge on any atom is 0.371 e. The molecule has 0 spiro atoms. The second-order valence-corrected chi connectivity index (χ2v) is 5.63. The lowest BCUT2D eigenvalue weighted by Crippen LogP contribution is -2.41. The van der Waals surface area contributed by atoms with Crippen molar-refractivity contribution in [3.8, 4) is 0 Å². The number of benzene rings is 1. The van der Waals surface area contributed by atoms with Crippen molar-refractivity contribution in [2.24, 2.45) is 0 Å². The molecule has 1 aliphatic rings. The van der Waals surface area contributed by atoms with Gasteiger partial charge < -0.3 is 19.9 Å². The van der Waals surface area contributed by atoms with Crippen LogP contribution in [0.2, 0.25) is 0 Å². The van der Waals surface area contributed by atoms with Gasteiger partial charge in [0.1, 0.15) is 5.58 Å². The van der Waals surface area contributed by atoms with Crippen LogP contribution in [0.4, 0.5) is 0 Å². The van der Waals surface area contributed by atoms with Gasteiger partial charge in [-0.25, -0.2) is 4.79 Å². The first-order valence-corrected chi connectivity index (χ1v) is 7.31. The fourth-order valence-corrected chi connectivity index (χ4v) is 2.91. The van der Waals surface area contributed by atoms with Crippen LogP contribution >= 0.6 is 0 Å². The number of furan rings is 1. The summed E-state index contributed by atoms with van der Waals surface area (Å²) in [6.07, 6.45) is 3.84. The van der Waals surface area contributed by atoms with Crippen LogP contribution in [0.25, 0.3) is 11.0 Å². The number of hydrogen-bond donors (Lipinski definition) is 3. The third-order valence-electron chi connectivity index (χ3n) is 4.09. The van der Waals surface area contributed by atoms with Gasteiger partial charge >= 0.3 is 5.97 Å². The van der Waals surface area contributed by atoms with Crippen LogP contribution in [0.1, 0.15) is 41.8 Å². The molecule has 2 unspecified atom stereocenters. The van der Waals surface area contributed by atoms with Crippen LogP contribution < -0.4 is 5.32 Å². The number of rotatable bonds is 4. The Balaban J connectivity index is 1.70. The Labute approximate surface area is 122 Å². The zero-order valence-electron chi connectivity index (χ0n) is 11.7. The maximum absolute atomic E-state index is 10.9. The monoisotopic (exact) mass is 289 g/mol. The Morgan fingerprint density at radius 2 is 2.10 bits per heavy atom. The van der Waals surface area contributed by atoms with Crippen molar-refractivity contribution >= 4 is 16.9 Å². The summed E-state index contributed by atoms with van der Waals surface area (Å²) < 4.78 is 5.24. The number of fused-ring (bicyclic) bond motifs is 1. The molecule has 1 aromatic heterocycles. The van der Waals surface area contributed by atoms with Gasteiger partial charge in [0.15, 0.2) is 0 Å². The average Bonchev–Trinajstić information content (AvgIpc) is 2.90. The van der Waals surface area contributed by atoms with E-state index in [-0.39, 0.29) is 17.9 Å². The third-order valence-corrected chi connectivity index (χ3v) is 4.09. The topological polar surface area (TPSA) is 82.7 Å². The van der Waals surface area contributed by atoms with Gasteiger partial charge in [-0.1, -0.05) is 18.9 Å². The molecule has 112 valence electrons. The Morgan fingerprint density at radius 3 is 2.86 bits per heavy atom. The lowest BCUT2D eigenvalue weighted by molar-refractivity contribution is 0.0665. The highest BCUT2D eigenvalue weighted by Gasteiger charge is 2.22. The number of aliphatic hydroxyl groups is 1. The molecule has 1 heterocycles. The molecule has 1 aliphatic carbocycles. The fraction of sp³-hybridized carbons (Fsp3) is 0.438. The van der Waals surface area contributed by atoms with Crippen molar-refractivity contribution in [2.75, 3.05) is 0 Å². The van der Waals surface area contributed by atoms with E-state index in [4.69, 9.17) is 9.52 Å². The van der Waals surface area contributed by atoms with Gasteiger partial charge in [-0.3, -0.25) is 0 Å². The summed E-state index contributed by atoms with van der Waals surface area (Å²) in [7, 11) is 0. The van der Waals surface area contributed by atoms with E-state index in [1.165, 1.54) is 6.07 Å². The lowest BCUT2D eigenvalue weighted by Gasteiger charge is -2.28. The third kappa shape index (κ3) is 3.09. The summed E-state index contributed by atoms with van der Waals surface area (Å²) >= 11 is 0. The van der Waals surface area contributed by atoms with Crippen LogP contribution in [0, 0.1) is 0 Å². The van der Waals surface area contributed by atoms with Crippen LogP contribution in [-0.4, -0.2) is 28.3 Å². The van der Waals surface area contributed by atoms with Gasteiger partial charge in [0, 0.05) is 18.0 Å². The van der Waals surface area contributed by atoms with Crippen LogP contribution in [0.15, 0.2) is 28.7 Å². The first kappa shape index (κ1) is 14.1. The Bertz CT molecular complexity index is 649. The number of carboxylic acid groups (broad SMARTS) is 1. The number of aliphatic hydroxyl groups excluding tert-OH is 1. The van der Waals surface area contributed by atoms with E-state index in [0.717, 1.165) is 36.6 Å². The summed E-state index contributed by atoms with van der Waals surface area (Å²) in [6.45, 7) is 0.658. The molecule has 3 N–H and O–H groups in total. The summed E-state index contributed by atoms with van der Waals surface area (Å²) in [5.41, 5.74) is 1.63. The van der Waals surface area contributed by atoms with E-state index < -0.39 is 5.97 Å². The number of hydrogen-bond acceptors (Lipinski definition) is 4. The molecule has 1 saturated carbocycles. The van der Waals surface area contributed by atoms with E-state index in [1.807, 2.05) is 12.1 Å². The van der Waals surface area contributed by atoms with Gasteiger partial charge in [0.2, 0.25) is 5.76 Å². The van der Waals surface area contributed by atoms with Crippen molar-refractivity contribution < 1.29 is 19.4 Å². The largest absolute Gasteiger partial charge is 0.475 e. The molecule has 1 fully saturated rings. The molecule has 2 aromatic rings. The van der Waals surface area contributed by atoms with E-state index >= 15 is 0 Å². The highest BCUT2D eigenvalue weighted by atomic mass is 16.4. The summed E-state index contributed by atoms with van der Waals surface area (Å²) in [5, 5.41) is 23.0. The molecular formula is C16H19NO4. The quantitative estimate of drug-likeness (QED) is 0.805. The molecule has 1 aromatic carbocycles. The predicted molar refractivity (Wildman–Crippen MR) is 78.3 cm³/mol. The van der Waals surface area contributed by atoms with E-state index in [0.29, 0.717) is 12.1 Å². The van der Waals surface area contributed by atoms with Crippen molar-refractivity contribution in [1.29, 1.82) is 0 Å². The maximum atomic E-state index is 10.9. The van der Waals surface area contributed by atoms with Crippen LogP contribution in [-0.2, 0) is 6.54 Å². The first-order valence-electron chi connectivity index (χ1n) is 7.31. The minimum Gasteiger partial charge on any atom is -0.475 e. The van der Waals surface area contributed by atoms with Crippen molar-refractivity contribution in [3.63, 3.8) is 0 Å². The van der Waals surface area contributed by atoms with Gasteiger partial charge in [-0.2, -0.15) is 0 Å². The number of nitrogens with one attached hydrogen (secondary N) is 1. The van der Waals surface area contributed by atoms with Crippen molar-refractivity contribution in [1.82, 2.24) is 5.32 Å². The lowest BCUT2D eigenvalue weighted by atomic mass is 9.92. The molecule has 5 nitrogen and oxygen atoms in total. The molecule has 0 aliphatic heterocycles. The van der Waals surface area contributed by atoms with Crippen molar-refractivity contribution in [3.05, 3.63) is 35.6 Å². The Hall–Kier alpha value is -1.85. The molecule has 0 bridgehead atoms. The fourth-order valence-electron chi connectivity index (χ4n) is 2.91. The second-order valence-electron chi connectivity index (χ2n) is 5.63. The standard InChI is InChI=1S/C16H19NO4/c18-13-4-2-1-3-12(13)17-9-10-5-6-14-11(7-10)8-15(21-14)16(19)20/h5-8,12-13,17-18H,1-4,9H2,(H,19,20). The number of carboxylic acids is 1. The Morgan fingerprint density at radius 1 is 1.29 bits per heavy atom. The number of aromatic carboxylic acids is 1. The minimum atomic E-state index is -1.06. The van der Waals surface area contributed by atoms with Gasteiger partial charge in [0.05, 0.1) is 6.10 Å². The highest BCUT2D eigenvalue weighted by Crippen LogP contribution is 2.22. The van der Waals surface area contributed by atoms with E-state index in [9.17, 15) is 9.90 Å². The molecule has 3 rings (SSSR count). The Kier molecular flexibility index (Phi) is 3.94. The summed E-state index contributed by atoms with van der Waals surface area (Å²) in [6, 6.07) is 7.31. The molecular weight excluding hydrogens is 270 g/mol. The normalized spacial score (nSPS) is 22.5. The minimum absolute atomic E-state index is 0.0437. The molecule has 5 heteroatoms. The van der Waals surface area contributed by atoms with E-state index in [2.05, 4.69) is 5.32 Å². The molecule has 0 amide bonds. The van der Waals surface area contributed by atoms with Gasteiger partial charge in [0.25, 0.3) is 0 Å². The predicted octanol–water partition coefficient (Wildman–Crippen LogP) is 2.52. The molecule has 21 heavy (non-hydrogen) atoms. The van der Waals surface area contributed by atoms with Crippen molar-refractivity contribution in [2.45, 2.75) is 44.4 Å². The smallest absolute Gasteiger partial charge is 0.371 e. The molecule has 0 saturated heterocycles. The van der Waals surface area contributed by atoms with Gasteiger partial charge in [-0.05, 0) is 36.6 Å². The molecule has 2 atom stereocenters. The summed E-state index contributed by atoms with van der Waals surface area (Å²) in [4.78, 5) is 10.9. The first-order chi connectivity index (χ1) is 10.1. The van der Waals surface area contributed by atoms with Crippen LogP contribution in [0.5, 0.6) is 0 Å². The average molecular weight is 289 g/mol. The molecule has 0 radical (unpaired) electrons. The van der Waals surface area contributed by atoms with Gasteiger partial charge in [-0.15, -0.1) is 0 Å². The SMILES string of the molecule is O=C(O)c1cc2cc(CNC3CCCCC3O)ccc2o1. The highest BCUT2D eigenvalue weighted by molar-refractivity contribution is 5.91. The second kappa shape index (κ2) is 5.87. The zero-order valence-corrected chi connectivity index (χ0v) is 11.7. The van der Waals surface area contributed by atoms with Crippen LogP contribution in [0.3, 0.4) is 0 Å².